The van der Waals surface area contributed by atoms with E-state index in [0.717, 1.165) is 22.5 Å². The Kier molecular flexibility index (Phi) is 6.69. The summed E-state index contributed by atoms with van der Waals surface area (Å²) in [5.41, 5.74) is 3.42. The lowest BCUT2D eigenvalue weighted by molar-refractivity contribution is 0.377. The minimum absolute atomic E-state index is 0.0394. The molecule has 4 aromatic rings. The highest BCUT2D eigenvalue weighted by atomic mass is 79.9. The molecular weight excluding hydrogens is 519 g/mol. The largest absolute Gasteiger partial charge is 0.245 e. The van der Waals surface area contributed by atoms with E-state index in [-0.39, 0.29) is 5.95 Å². The Morgan fingerprint density at radius 3 is 1.79 bits per heavy atom. The predicted molar refractivity (Wildman–Crippen MR) is 123 cm³/mol. The highest BCUT2D eigenvalue weighted by molar-refractivity contribution is 9.10. The highest BCUT2D eigenvalue weighted by Gasteiger charge is 2.27. The van der Waals surface area contributed by atoms with E-state index in [1.807, 2.05) is 54.6 Å². The Morgan fingerprint density at radius 2 is 1.24 bits per heavy atom. The Balaban J connectivity index is 1.77. The van der Waals surface area contributed by atoms with Crippen LogP contribution in [0.4, 0.5) is 27.9 Å². The predicted octanol–water partition coefficient (Wildman–Crippen LogP) is 7.10. The van der Waals surface area contributed by atoms with Crippen molar-refractivity contribution in [2.45, 2.75) is 6.92 Å². The van der Waals surface area contributed by atoms with E-state index in [2.05, 4.69) is 36.4 Å². The highest BCUT2D eigenvalue weighted by Crippen LogP contribution is 2.27. The quantitative estimate of drug-likeness (QED) is 0.0979. The maximum absolute atomic E-state index is 14.1. The molecule has 3 aromatic carbocycles. The van der Waals surface area contributed by atoms with Crippen molar-refractivity contribution in [3.63, 3.8) is 0 Å². The maximum Gasteiger partial charge on any atom is 0.244 e. The van der Waals surface area contributed by atoms with Crippen molar-refractivity contribution in [2.75, 3.05) is 5.43 Å². The summed E-state index contributed by atoms with van der Waals surface area (Å²) in [6, 6.07) is 18.2. The van der Waals surface area contributed by atoms with Crippen molar-refractivity contribution in [2.24, 2.45) is 5.10 Å². The summed E-state index contributed by atoms with van der Waals surface area (Å²) < 4.78 is 69.6. The van der Waals surface area contributed by atoms with Crippen LogP contribution in [-0.4, -0.2) is 15.7 Å². The van der Waals surface area contributed by atoms with Gasteiger partial charge in [-0.3, -0.25) is 0 Å². The van der Waals surface area contributed by atoms with Crippen molar-refractivity contribution < 1.29 is 22.0 Å². The summed E-state index contributed by atoms with van der Waals surface area (Å²) >= 11 is 3.37. The summed E-state index contributed by atoms with van der Waals surface area (Å²) in [6.07, 6.45) is 0. The first kappa shape index (κ1) is 23.5. The second kappa shape index (κ2) is 9.68. The van der Waals surface area contributed by atoms with Gasteiger partial charge in [0, 0.05) is 15.6 Å². The number of nitrogens with zero attached hydrogens (tertiary/aromatic N) is 3. The normalized spacial score (nSPS) is 11.6. The fraction of sp³-hybridized carbons (Fsp3) is 0.0417. The molecule has 172 valence electrons. The molecule has 0 atom stereocenters. The first-order valence-corrected chi connectivity index (χ1v) is 10.6. The smallest absolute Gasteiger partial charge is 0.244 e. The molecule has 0 radical (unpaired) electrons. The van der Waals surface area contributed by atoms with Crippen LogP contribution in [0.3, 0.4) is 0 Å². The minimum atomic E-state index is -2.24. The fourth-order valence-corrected chi connectivity index (χ4v) is 3.40. The molecule has 10 heteroatoms. The number of hydrogen-bond donors (Lipinski definition) is 1. The number of hydrazone groups is 1. The maximum atomic E-state index is 14.1. The molecule has 0 aliphatic heterocycles. The van der Waals surface area contributed by atoms with Crippen LogP contribution in [-0.2, 0) is 0 Å². The van der Waals surface area contributed by atoms with Gasteiger partial charge in [0.2, 0.25) is 11.8 Å². The van der Waals surface area contributed by atoms with Gasteiger partial charge >= 0.3 is 0 Å². The van der Waals surface area contributed by atoms with E-state index in [9.17, 15) is 22.0 Å². The molecule has 1 heterocycles. The molecule has 1 aromatic heterocycles. The molecule has 0 bridgehead atoms. The molecule has 0 aliphatic rings. The zero-order valence-electron chi connectivity index (χ0n) is 17.4. The molecule has 1 N–H and O–H groups in total. The average Bonchev–Trinajstić information content (AvgIpc) is 2.86. The standard InChI is InChI=1S/C24H14BrF5N4/c1-12(18-19(26)21(28)23(30)22(29)20(18)27)33-34-24-31-16(13-5-3-2-4-6-13)11-17(32-24)14-7-9-15(25)10-8-14/h2-11H,1H3,(H,31,32,34)/b33-12-. The molecule has 4 nitrogen and oxygen atoms in total. The zero-order valence-corrected chi connectivity index (χ0v) is 19.0. The van der Waals surface area contributed by atoms with Gasteiger partial charge in [0.1, 0.15) is 0 Å². The monoisotopic (exact) mass is 532 g/mol. The van der Waals surface area contributed by atoms with Crippen LogP contribution in [0.15, 0.2) is 70.2 Å². The Bertz CT molecular complexity index is 1360. The van der Waals surface area contributed by atoms with Crippen molar-refractivity contribution in [1.82, 2.24) is 9.97 Å². The second-order valence-corrected chi connectivity index (χ2v) is 8.00. The lowest BCUT2D eigenvalue weighted by Gasteiger charge is -2.10. The minimum Gasteiger partial charge on any atom is -0.245 e. The average molecular weight is 533 g/mol. The van der Waals surface area contributed by atoms with Gasteiger partial charge < -0.3 is 0 Å². The number of rotatable bonds is 5. The Labute approximate surface area is 199 Å². The van der Waals surface area contributed by atoms with E-state index in [4.69, 9.17) is 0 Å². The molecule has 0 unspecified atom stereocenters. The zero-order chi connectivity index (χ0) is 24.4. The van der Waals surface area contributed by atoms with Gasteiger partial charge in [0.25, 0.3) is 0 Å². The number of hydrogen-bond acceptors (Lipinski definition) is 4. The lowest BCUT2D eigenvalue weighted by atomic mass is 10.1. The third-order valence-corrected chi connectivity index (χ3v) is 5.36. The van der Waals surface area contributed by atoms with Gasteiger partial charge in [-0.2, -0.15) is 5.10 Å². The second-order valence-electron chi connectivity index (χ2n) is 7.09. The number of anilines is 1. The molecule has 0 spiro atoms. The van der Waals surface area contributed by atoms with Crippen LogP contribution < -0.4 is 5.43 Å². The van der Waals surface area contributed by atoms with Crippen LogP contribution in [0, 0.1) is 29.1 Å². The van der Waals surface area contributed by atoms with Crippen LogP contribution in [0.2, 0.25) is 0 Å². The van der Waals surface area contributed by atoms with Gasteiger partial charge in [-0.25, -0.2) is 37.3 Å². The van der Waals surface area contributed by atoms with E-state index >= 15 is 0 Å². The van der Waals surface area contributed by atoms with Crippen molar-refractivity contribution in [3.05, 3.63) is 99.8 Å². The summed E-state index contributed by atoms with van der Waals surface area (Å²) in [5.74, 6) is -10.3. The van der Waals surface area contributed by atoms with Gasteiger partial charge in [0.15, 0.2) is 23.3 Å². The van der Waals surface area contributed by atoms with Crippen molar-refractivity contribution >= 4 is 27.6 Å². The Hall–Kier alpha value is -3.66. The molecule has 0 saturated heterocycles. The summed E-state index contributed by atoms with van der Waals surface area (Å²) in [7, 11) is 0. The molecule has 0 amide bonds. The van der Waals surface area contributed by atoms with E-state index in [1.165, 1.54) is 0 Å². The SMILES string of the molecule is C/C(=N/Nc1nc(-c2ccccc2)cc(-c2ccc(Br)cc2)n1)c1c(F)c(F)c(F)c(F)c1F. The van der Waals surface area contributed by atoms with Crippen LogP contribution in [0.5, 0.6) is 0 Å². The first-order chi connectivity index (χ1) is 16.3. The Morgan fingerprint density at radius 1 is 0.735 bits per heavy atom. The number of aromatic nitrogens is 2. The molecular formula is C24H14BrF5N4. The number of benzene rings is 3. The molecule has 34 heavy (non-hydrogen) atoms. The van der Waals surface area contributed by atoms with Gasteiger partial charge in [-0.15, -0.1) is 0 Å². The fourth-order valence-electron chi connectivity index (χ4n) is 3.13. The van der Waals surface area contributed by atoms with Gasteiger partial charge in [0.05, 0.1) is 22.7 Å². The number of halogens is 6. The molecule has 0 saturated carbocycles. The topological polar surface area (TPSA) is 50.2 Å². The summed E-state index contributed by atoms with van der Waals surface area (Å²) in [4.78, 5) is 8.75. The number of nitrogens with one attached hydrogen (secondary N) is 1. The van der Waals surface area contributed by atoms with Crippen LogP contribution >= 0.6 is 15.9 Å². The van der Waals surface area contributed by atoms with E-state index in [0.29, 0.717) is 11.4 Å². The summed E-state index contributed by atoms with van der Waals surface area (Å²) in [5, 5.41) is 3.78. The van der Waals surface area contributed by atoms with Crippen molar-refractivity contribution in [3.8, 4) is 22.5 Å². The lowest BCUT2D eigenvalue weighted by Crippen LogP contribution is -2.13. The van der Waals surface area contributed by atoms with Crippen LogP contribution in [0.1, 0.15) is 12.5 Å². The molecule has 4 rings (SSSR count). The van der Waals surface area contributed by atoms with Gasteiger partial charge in [-0.05, 0) is 25.1 Å². The first-order valence-electron chi connectivity index (χ1n) is 9.78. The van der Waals surface area contributed by atoms with E-state index < -0.39 is 40.4 Å². The molecule has 0 fully saturated rings. The third-order valence-electron chi connectivity index (χ3n) is 4.83. The van der Waals surface area contributed by atoms with E-state index in [1.54, 1.807) is 6.07 Å². The van der Waals surface area contributed by atoms with Crippen LogP contribution in [0.25, 0.3) is 22.5 Å². The van der Waals surface area contributed by atoms with Crippen molar-refractivity contribution in [1.29, 1.82) is 0 Å². The molecule has 0 aliphatic carbocycles. The third kappa shape index (κ3) is 4.67. The summed E-state index contributed by atoms with van der Waals surface area (Å²) in [6.45, 7) is 1.10. The van der Waals surface area contributed by atoms with Gasteiger partial charge in [-0.1, -0.05) is 58.4 Å².